The van der Waals surface area contributed by atoms with E-state index in [-0.39, 0.29) is 6.04 Å². The van der Waals surface area contributed by atoms with Gasteiger partial charge in [-0.2, -0.15) is 0 Å². The third-order valence-corrected chi connectivity index (χ3v) is 7.58. The third kappa shape index (κ3) is 4.89. The van der Waals surface area contributed by atoms with Gasteiger partial charge in [-0.25, -0.2) is 8.42 Å². The molecule has 4 heteroatoms. The van der Waals surface area contributed by atoms with E-state index in [1.807, 2.05) is 56.3 Å². The van der Waals surface area contributed by atoms with Crippen molar-refractivity contribution >= 4 is 9.84 Å². The lowest BCUT2D eigenvalue weighted by molar-refractivity contribution is 0.187. The van der Waals surface area contributed by atoms with Gasteiger partial charge in [0, 0.05) is 19.1 Å². The number of benzene rings is 3. The molecular weight excluding hydrogens is 366 g/mol. The summed E-state index contributed by atoms with van der Waals surface area (Å²) < 4.78 is 26.3. The quantitative estimate of drug-likeness (QED) is 0.544. The molecule has 2 atom stereocenters. The van der Waals surface area contributed by atoms with Crippen LogP contribution in [0.4, 0.5) is 0 Å². The summed E-state index contributed by atoms with van der Waals surface area (Å²) in [7, 11) is -3.41. The molecule has 0 unspecified atom stereocenters. The Bertz CT molecular complexity index is 916. The Morgan fingerprint density at radius 3 is 1.50 bits per heavy atom. The average molecular weight is 394 g/mol. The molecule has 0 N–H and O–H groups in total. The molecule has 0 aliphatic rings. The number of rotatable bonds is 8. The molecule has 0 heterocycles. The molecule has 0 radical (unpaired) electrons. The van der Waals surface area contributed by atoms with E-state index in [4.69, 9.17) is 0 Å². The number of nitrogens with zero attached hydrogens (tertiary/aromatic N) is 1. The topological polar surface area (TPSA) is 37.4 Å². The van der Waals surface area contributed by atoms with Gasteiger partial charge < -0.3 is 0 Å². The smallest absolute Gasteiger partial charge is 0.182 e. The SMILES string of the molecule is C[C@H]([C@@H](C)S(=O)(=O)c1ccccc1)N(Cc1ccccc1)Cc1ccccc1. The molecule has 146 valence electrons. The van der Waals surface area contributed by atoms with Gasteiger partial charge in [-0.3, -0.25) is 4.90 Å². The van der Waals surface area contributed by atoms with Crippen LogP contribution in [0.2, 0.25) is 0 Å². The lowest BCUT2D eigenvalue weighted by Crippen LogP contribution is -2.43. The monoisotopic (exact) mass is 393 g/mol. The molecule has 0 spiro atoms. The van der Waals surface area contributed by atoms with Crippen molar-refractivity contribution < 1.29 is 8.42 Å². The fraction of sp³-hybridized carbons (Fsp3) is 0.250. The summed E-state index contributed by atoms with van der Waals surface area (Å²) in [5, 5.41) is -0.526. The number of sulfone groups is 1. The van der Waals surface area contributed by atoms with Crippen LogP contribution in [-0.4, -0.2) is 24.6 Å². The largest absolute Gasteiger partial charge is 0.291 e. The van der Waals surface area contributed by atoms with Crippen molar-refractivity contribution in [3.05, 3.63) is 102 Å². The van der Waals surface area contributed by atoms with Gasteiger partial charge in [0.05, 0.1) is 10.1 Å². The molecule has 3 nitrogen and oxygen atoms in total. The molecule has 0 fully saturated rings. The van der Waals surface area contributed by atoms with Crippen molar-refractivity contribution in [3.63, 3.8) is 0 Å². The molecule has 0 aromatic heterocycles. The molecule has 0 aliphatic heterocycles. The first-order valence-electron chi connectivity index (χ1n) is 9.59. The van der Waals surface area contributed by atoms with Crippen LogP contribution in [0.15, 0.2) is 95.9 Å². The van der Waals surface area contributed by atoms with Gasteiger partial charge in [0.25, 0.3) is 0 Å². The Morgan fingerprint density at radius 2 is 1.07 bits per heavy atom. The molecule has 0 amide bonds. The zero-order valence-electron chi connectivity index (χ0n) is 16.4. The van der Waals surface area contributed by atoms with E-state index in [1.54, 1.807) is 24.3 Å². The predicted octanol–water partition coefficient (Wildman–Crippen LogP) is 4.94. The number of hydrogen-bond donors (Lipinski definition) is 0. The van der Waals surface area contributed by atoms with E-state index in [9.17, 15) is 8.42 Å². The first-order chi connectivity index (χ1) is 13.5. The average Bonchev–Trinajstić information content (AvgIpc) is 2.74. The van der Waals surface area contributed by atoms with Crippen molar-refractivity contribution in [1.82, 2.24) is 4.90 Å². The van der Waals surface area contributed by atoms with Crippen molar-refractivity contribution in [2.75, 3.05) is 0 Å². The minimum absolute atomic E-state index is 0.148. The van der Waals surface area contributed by atoms with E-state index < -0.39 is 15.1 Å². The summed E-state index contributed by atoms with van der Waals surface area (Å²) in [5.74, 6) is 0. The van der Waals surface area contributed by atoms with Crippen LogP contribution >= 0.6 is 0 Å². The zero-order chi connectivity index (χ0) is 20.0. The maximum absolute atomic E-state index is 13.2. The molecule has 0 saturated carbocycles. The van der Waals surface area contributed by atoms with Gasteiger partial charge in [-0.1, -0.05) is 78.9 Å². The molecule has 0 saturated heterocycles. The predicted molar refractivity (Wildman–Crippen MR) is 115 cm³/mol. The molecular formula is C24H27NO2S. The molecule has 28 heavy (non-hydrogen) atoms. The fourth-order valence-corrected chi connectivity index (χ4v) is 5.02. The van der Waals surface area contributed by atoms with Crippen molar-refractivity contribution in [2.45, 2.75) is 43.1 Å². The fourth-order valence-electron chi connectivity index (χ4n) is 3.36. The zero-order valence-corrected chi connectivity index (χ0v) is 17.2. The van der Waals surface area contributed by atoms with E-state index >= 15 is 0 Å². The second-order valence-electron chi connectivity index (χ2n) is 7.18. The van der Waals surface area contributed by atoms with Crippen LogP contribution < -0.4 is 0 Å². The highest BCUT2D eigenvalue weighted by molar-refractivity contribution is 7.92. The van der Waals surface area contributed by atoms with E-state index in [0.717, 1.165) is 0 Å². The van der Waals surface area contributed by atoms with Gasteiger partial charge in [0.2, 0.25) is 0 Å². The Kier molecular flexibility index (Phi) is 6.65. The Hall–Kier alpha value is -2.43. The normalized spacial score (nSPS) is 14.0. The van der Waals surface area contributed by atoms with Gasteiger partial charge in [-0.05, 0) is 37.1 Å². The Labute approximate surface area is 168 Å². The molecule has 3 aromatic carbocycles. The molecule has 0 bridgehead atoms. The van der Waals surface area contributed by atoms with E-state index in [1.165, 1.54) is 11.1 Å². The summed E-state index contributed by atoms with van der Waals surface area (Å²) >= 11 is 0. The lowest BCUT2D eigenvalue weighted by atomic mass is 10.1. The van der Waals surface area contributed by atoms with Crippen LogP contribution in [0.25, 0.3) is 0 Å². The molecule has 0 aliphatic carbocycles. The maximum atomic E-state index is 13.2. The van der Waals surface area contributed by atoms with Crippen molar-refractivity contribution in [2.24, 2.45) is 0 Å². The minimum Gasteiger partial charge on any atom is -0.291 e. The third-order valence-electron chi connectivity index (χ3n) is 5.27. The summed E-state index contributed by atoms with van der Waals surface area (Å²) in [4.78, 5) is 2.63. The summed E-state index contributed by atoms with van der Waals surface area (Å²) in [5.41, 5.74) is 2.35. The van der Waals surface area contributed by atoms with Crippen molar-refractivity contribution in [1.29, 1.82) is 0 Å². The second-order valence-corrected chi connectivity index (χ2v) is 9.48. The van der Waals surface area contributed by atoms with Crippen LogP contribution in [0, 0.1) is 0 Å². The standard InChI is InChI=1S/C24H27NO2S/c1-20(21(2)28(26,27)24-16-10-5-11-17-24)25(18-22-12-6-3-7-13-22)19-23-14-8-4-9-15-23/h3-17,20-21H,18-19H2,1-2H3/t20-,21-/m1/s1. The first-order valence-corrected chi connectivity index (χ1v) is 11.1. The number of hydrogen-bond acceptors (Lipinski definition) is 3. The Morgan fingerprint density at radius 1 is 0.679 bits per heavy atom. The molecule has 3 rings (SSSR count). The van der Waals surface area contributed by atoms with E-state index in [0.29, 0.717) is 18.0 Å². The van der Waals surface area contributed by atoms with E-state index in [2.05, 4.69) is 29.2 Å². The minimum atomic E-state index is -3.41. The highest BCUT2D eigenvalue weighted by Crippen LogP contribution is 2.23. The van der Waals surface area contributed by atoms with Gasteiger partial charge in [0.1, 0.15) is 0 Å². The highest BCUT2D eigenvalue weighted by atomic mass is 32.2. The maximum Gasteiger partial charge on any atom is 0.182 e. The van der Waals surface area contributed by atoms with Gasteiger partial charge >= 0.3 is 0 Å². The first kappa shape index (κ1) is 20.3. The Balaban J connectivity index is 1.87. The van der Waals surface area contributed by atoms with Crippen LogP contribution in [0.3, 0.4) is 0 Å². The summed E-state index contributed by atoms with van der Waals surface area (Å²) in [6.07, 6.45) is 0. The van der Waals surface area contributed by atoms with Gasteiger partial charge in [-0.15, -0.1) is 0 Å². The van der Waals surface area contributed by atoms with Crippen LogP contribution in [-0.2, 0) is 22.9 Å². The van der Waals surface area contributed by atoms with Crippen LogP contribution in [0.5, 0.6) is 0 Å². The summed E-state index contributed by atoms with van der Waals surface area (Å²) in [6.45, 7) is 5.23. The van der Waals surface area contributed by atoms with Gasteiger partial charge in [0.15, 0.2) is 9.84 Å². The second kappa shape index (κ2) is 9.18. The summed E-state index contributed by atoms with van der Waals surface area (Å²) in [6, 6.07) is 29.0. The molecule has 3 aromatic rings. The lowest BCUT2D eigenvalue weighted by Gasteiger charge is -2.33. The van der Waals surface area contributed by atoms with Crippen molar-refractivity contribution in [3.8, 4) is 0 Å². The van der Waals surface area contributed by atoms with Crippen LogP contribution in [0.1, 0.15) is 25.0 Å². The highest BCUT2D eigenvalue weighted by Gasteiger charge is 2.31.